The second-order valence-corrected chi connectivity index (χ2v) is 12.7. The van der Waals surface area contributed by atoms with E-state index in [1.54, 1.807) is 37.3 Å². The van der Waals surface area contributed by atoms with Gasteiger partial charge in [0.1, 0.15) is 21.7 Å². The molecule has 2 heterocycles. The predicted molar refractivity (Wildman–Crippen MR) is 157 cm³/mol. The summed E-state index contributed by atoms with van der Waals surface area (Å²) in [5, 5.41) is 0.508. The first-order valence-electron chi connectivity index (χ1n) is 12.9. The van der Waals surface area contributed by atoms with Gasteiger partial charge in [0.25, 0.3) is 5.91 Å². The molecule has 9 nitrogen and oxygen atoms in total. The van der Waals surface area contributed by atoms with Gasteiger partial charge >= 0.3 is 0 Å². The molecule has 0 saturated heterocycles. The Labute approximate surface area is 238 Å². The maximum atomic E-state index is 13.8. The topological polar surface area (TPSA) is 92.3 Å². The molecule has 11 heteroatoms. The van der Waals surface area contributed by atoms with Crippen molar-refractivity contribution in [1.29, 1.82) is 0 Å². The maximum Gasteiger partial charge on any atom is 0.260 e. The molecule has 0 fully saturated rings. The number of nitrogens with zero attached hydrogens (tertiary/aromatic N) is 4. The number of anilines is 1. The van der Waals surface area contributed by atoms with Crippen molar-refractivity contribution in [2.75, 3.05) is 52.8 Å². The molecule has 0 bridgehead atoms. The quantitative estimate of drug-likeness (QED) is 0.292. The van der Waals surface area contributed by atoms with E-state index >= 15 is 0 Å². The molecule has 0 saturated carbocycles. The SMILES string of the molecule is COc1ccc(OC)c2sc(N(CCN(C)C)C(=O)c3ccc(S(=O)(=O)N4CCc5ccccc5C4)cc3)nc12. The second kappa shape index (κ2) is 11.5. The van der Waals surface area contributed by atoms with E-state index < -0.39 is 10.0 Å². The molecule has 1 amide bonds. The zero-order valence-electron chi connectivity index (χ0n) is 23.0. The van der Waals surface area contributed by atoms with E-state index in [0.29, 0.717) is 60.3 Å². The molecule has 3 aromatic carbocycles. The van der Waals surface area contributed by atoms with Crippen LogP contribution < -0.4 is 14.4 Å². The Bertz CT molecular complexity index is 1590. The van der Waals surface area contributed by atoms with Crippen LogP contribution in [0.15, 0.2) is 65.6 Å². The van der Waals surface area contributed by atoms with Crippen LogP contribution >= 0.6 is 11.3 Å². The van der Waals surface area contributed by atoms with Gasteiger partial charge in [-0.2, -0.15) is 4.31 Å². The molecule has 0 spiro atoms. The number of carbonyl (C=O) groups is 1. The summed E-state index contributed by atoms with van der Waals surface area (Å²) in [7, 11) is 3.33. The van der Waals surface area contributed by atoms with Crippen molar-refractivity contribution in [3.05, 3.63) is 77.4 Å². The van der Waals surface area contributed by atoms with E-state index in [1.165, 1.54) is 33.3 Å². The summed E-state index contributed by atoms with van der Waals surface area (Å²) in [6.07, 6.45) is 0.671. The summed E-state index contributed by atoms with van der Waals surface area (Å²) in [4.78, 5) is 22.3. The molecule has 1 aromatic heterocycles. The van der Waals surface area contributed by atoms with Crippen LogP contribution in [0.2, 0.25) is 0 Å². The Morgan fingerprint density at radius 2 is 1.62 bits per heavy atom. The maximum absolute atomic E-state index is 13.8. The molecule has 1 aliphatic rings. The van der Waals surface area contributed by atoms with Crippen LogP contribution in [-0.4, -0.2) is 76.5 Å². The number of methoxy groups -OCH3 is 2. The van der Waals surface area contributed by atoms with Crippen LogP contribution in [0.4, 0.5) is 5.13 Å². The summed E-state index contributed by atoms with van der Waals surface area (Å²) >= 11 is 1.35. The van der Waals surface area contributed by atoms with Crippen LogP contribution in [0.3, 0.4) is 0 Å². The number of ether oxygens (including phenoxy) is 2. The van der Waals surface area contributed by atoms with Gasteiger partial charge in [0.05, 0.1) is 19.1 Å². The van der Waals surface area contributed by atoms with Crippen LogP contribution in [0.1, 0.15) is 21.5 Å². The zero-order chi connectivity index (χ0) is 28.4. The molecule has 1 aliphatic heterocycles. The van der Waals surface area contributed by atoms with Gasteiger partial charge in [-0.3, -0.25) is 9.69 Å². The molecular weight excluding hydrogens is 548 g/mol. The standard InChI is InChI=1S/C29H32N4O5S2/c1-31(2)17-18-33(29-30-26-24(37-3)13-14-25(38-4)27(26)39-29)28(34)21-9-11-23(12-10-21)40(35,36)32-16-15-20-7-5-6-8-22(20)19-32/h5-14H,15-19H2,1-4H3. The minimum absolute atomic E-state index is 0.165. The molecule has 40 heavy (non-hydrogen) atoms. The molecule has 0 radical (unpaired) electrons. The molecule has 0 atom stereocenters. The van der Waals surface area contributed by atoms with Crippen molar-refractivity contribution in [1.82, 2.24) is 14.2 Å². The molecule has 0 unspecified atom stereocenters. The summed E-state index contributed by atoms with van der Waals surface area (Å²) < 4.78 is 40.1. The zero-order valence-corrected chi connectivity index (χ0v) is 24.6. The molecule has 0 N–H and O–H groups in total. The van der Waals surface area contributed by atoms with Gasteiger partial charge in [0.15, 0.2) is 5.13 Å². The minimum atomic E-state index is -3.71. The number of amides is 1. The summed E-state index contributed by atoms with van der Waals surface area (Å²) in [6, 6.07) is 17.7. The lowest BCUT2D eigenvalue weighted by molar-refractivity contribution is 0.0985. The number of likely N-dealkylation sites (N-methyl/N-ethyl adjacent to an activating group) is 1. The van der Waals surface area contributed by atoms with Crippen molar-refractivity contribution >= 4 is 42.6 Å². The molecule has 4 aromatic rings. The van der Waals surface area contributed by atoms with Crippen molar-refractivity contribution in [3.8, 4) is 11.5 Å². The third-order valence-corrected chi connectivity index (χ3v) is 9.93. The van der Waals surface area contributed by atoms with Crippen LogP contribution in [-0.2, 0) is 23.0 Å². The van der Waals surface area contributed by atoms with E-state index in [-0.39, 0.29) is 10.8 Å². The van der Waals surface area contributed by atoms with Gasteiger partial charge in [-0.25, -0.2) is 13.4 Å². The van der Waals surface area contributed by atoms with E-state index in [0.717, 1.165) is 10.3 Å². The predicted octanol–water partition coefficient (Wildman–Crippen LogP) is 4.27. The van der Waals surface area contributed by atoms with Crippen molar-refractivity contribution < 1.29 is 22.7 Å². The monoisotopic (exact) mass is 580 g/mol. The highest BCUT2D eigenvalue weighted by molar-refractivity contribution is 7.89. The number of hydrogen-bond donors (Lipinski definition) is 0. The molecule has 5 rings (SSSR count). The number of benzene rings is 3. The van der Waals surface area contributed by atoms with E-state index in [2.05, 4.69) is 0 Å². The van der Waals surface area contributed by atoms with Gasteiger partial charge in [0, 0.05) is 31.7 Å². The molecular formula is C29H32N4O5S2. The number of hydrogen-bond acceptors (Lipinski definition) is 8. The van der Waals surface area contributed by atoms with Crippen LogP contribution in [0.25, 0.3) is 10.2 Å². The first kappa shape index (κ1) is 28.0. The Kier molecular flexibility index (Phi) is 8.09. The minimum Gasteiger partial charge on any atom is -0.495 e. The van der Waals surface area contributed by atoms with E-state index in [4.69, 9.17) is 14.5 Å². The first-order valence-corrected chi connectivity index (χ1v) is 15.1. The van der Waals surface area contributed by atoms with Crippen LogP contribution in [0.5, 0.6) is 11.5 Å². The Morgan fingerprint density at radius 1 is 0.950 bits per heavy atom. The average molecular weight is 581 g/mol. The highest BCUT2D eigenvalue weighted by atomic mass is 32.2. The van der Waals surface area contributed by atoms with Crippen molar-refractivity contribution in [2.45, 2.75) is 17.9 Å². The Morgan fingerprint density at radius 3 is 2.30 bits per heavy atom. The van der Waals surface area contributed by atoms with Crippen molar-refractivity contribution in [3.63, 3.8) is 0 Å². The summed E-state index contributed by atoms with van der Waals surface area (Å²) in [6.45, 7) is 1.76. The third-order valence-electron chi connectivity index (χ3n) is 6.98. The van der Waals surface area contributed by atoms with Crippen molar-refractivity contribution in [2.24, 2.45) is 0 Å². The normalized spacial score (nSPS) is 13.8. The summed E-state index contributed by atoms with van der Waals surface area (Å²) in [5.41, 5.74) is 3.19. The highest BCUT2D eigenvalue weighted by Crippen LogP contribution is 2.40. The lowest BCUT2D eigenvalue weighted by atomic mass is 10.0. The van der Waals surface area contributed by atoms with Gasteiger partial charge < -0.3 is 14.4 Å². The number of aromatic nitrogens is 1. The third kappa shape index (κ3) is 5.42. The molecule has 0 aliphatic carbocycles. The van der Waals surface area contributed by atoms with Gasteiger partial charge in [-0.05, 0) is 68.0 Å². The Hall–Kier alpha value is -3.51. The number of rotatable bonds is 9. The smallest absolute Gasteiger partial charge is 0.260 e. The number of thiazole rings is 1. The van der Waals surface area contributed by atoms with Gasteiger partial charge in [0.2, 0.25) is 10.0 Å². The highest BCUT2D eigenvalue weighted by Gasteiger charge is 2.29. The fourth-order valence-electron chi connectivity index (χ4n) is 4.72. The number of fused-ring (bicyclic) bond motifs is 2. The molecule has 210 valence electrons. The average Bonchev–Trinajstić information content (AvgIpc) is 3.41. The van der Waals surface area contributed by atoms with Crippen LogP contribution in [0, 0.1) is 0 Å². The van der Waals surface area contributed by atoms with Gasteiger partial charge in [-0.1, -0.05) is 35.6 Å². The fourth-order valence-corrected chi connectivity index (χ4v) is 7.24. The van der Waals surface area contributed by atoms with E-state index in [9.17, 15) is 13.2 Å². The summed E-state index contributed by atoms with van der Waals surface area (Å²) in [5.74, 6) is 0.970. The number of carbonyl (C=O) groups excluding carboxylic acids is 1. The first-order chi connectivity index (χ1) is 19.2. The fraction of sp³-hybridized carbons (Fsp3) is 0.310. The largest absolute Gasteiger partial charge is 0.495 e. The lowest BCUT2D eigenvalue weighted by Crippen LogP contribution is -2.37. The Balaban J connectivity index is 1.43. The number of sulfonamides is 1. The van der Waals surface area contributed by atoms with Gasteiger partial charge in [-0.15, -0.1) is 0 Å². The second-order valence-electron chi connectivity index (χ2n) is 9.79. The van der Waals surface area contributed by atoms with E-state index in [1.807, 2.05) is 49.3 Å². The lowest BCUT2D eigenvalue weighted by Gasteiger charge is -2.28.